The molecule has 0 spiro atoms. The van der Waals surface area contributed by atoms with Crippen LogP contribution in [0.25, 0.3) is 11.2 Å². The molecule has 8 nitrogen and oxygen atoms in total. The van der Waals surface area contributed by atoms with Crippen LogP contribution in [0.2, 0.25) is 0 Å². The van der Waals surface area contributed by atoms with Gasteiger partial charge in [0.1, 0.15) is 11.3 Å². The van der Waals surface area contributed by atoms with E-state index in [-0.39, 0.29) is 23.8 Å². The fourth-order valence-electron chi connectivity index (χ4n) is 2.47. The molecule has 126 valence electrons. The summed E-state index contributed by atoms with van der Waals surface area (Å²) in [5.41, 5.74) is 2.05. The summed E-state index contributed by atoms with van der Waals surface area (Å²) in [7, 11) is 1.50. The van der Waals surface area contributed by atoms with Gasteiger partial charge in [0.25, 0.3) is 0 Å². The number of imidazole rings is 1. The lowest BCUT2D eigenvalue weighted by Gasteiger charge is -2.09. The Kier molecular flexibility index (Phi) is 4.22. The molecule has 0 saturated heterocycles. The van der Waals surface area contributed by atoms with Crippen LogP contribution in [0, 0.1) is 5.41 Å². The third-order valence-electron chi connectivity index (χ3n) is 3.87. The molecular weight excluding hydrogens is 310 g/mol. The number of rotatable bonds is 5. The molecule has 3 rings (SSSR count). The molecule has 1 unspecified atom stereocenters. The van der Waals surface area contributed by atoms with E-state index in [1.54, 1.807) is 23.0 Å². The van der Waals surface area contributed by atoms with E-state index in [1.807, 2.05) is 13.0 Å². The molecule has 0 fully saturated rings. The van der Waals surface area contributed by atoms with Gasteiger partial charge in [-0.05, 0) is 17.7 Å². The number of phenols is 1. The van der Waals surface area contributed by atoms with Crippen molar-refractivity contribution in [2.45, 2.75) is 19.4 Å². The monoisotopic (exact) mass is 329 g/mol. The van der Waals surface area contributed by atoms with Crippen molar-refractivity contribution in [3.05, 3.63) is 41.4 Å². The highest BCUT2D eigenvalue weighted by molar-refractivity contribution is 5.69. The predicted octanol–water partition coefficient (Wildman–Crippen LogP) is 1.10. The molecule has 24 heavy (non-hydrogen) atoms. The molecule has 0 radical (unpaired) electrons. The van der Waals surface area contributed by atoms with Crippen LogP contribution in [-0.2, 0) is 6.54 Å². The number of H-pyrrole nitrogens is 1. The van der Waals surface area contributed by atoms with Gasteiger partial charge in [-0.15, -0.1) is 0 Å². The molecule has 0 amide bonds. The number of aromatic hydroxyl groups is 1. The van der Waals surface area contributed by atoms with Crippen LogP contribution in [0.5, 0.6) is 11.5 Å². The molecule has 8 heteroatoms. The largest absolute Gasteiger partial charge is 0.504 e. The second kappa shape index (κ2) is 6.32. The summed E-state index contributed by atoms with van der Waals surface area (Å²) in [6.45, 7) is 2.24. The molecule has 1 aromatic carbocycles. The van der Waals surface area contributed by atoms with E-state index in [0.717, 1.165) is 5.56 Å². The number of methoxy groups -OCH3 is 1. The summed E-state index contributed by atoms with van der Waals surface area (Å²) in [5, 5.41) is 27.1. The maximum atomic E-state index is 9.91. The van der Waals surface area contributed by atoms with Crippen molar-refractivity contribution >= 4 is 11.2 Å². The molecule has 1 atom stereocenters. The second-order valence-electron chi connectivity index (χ2n) is 5.63. The van der Waals surface area contributed by atoms with Gasteiger partial charge >= 0.3 is 0 Å². The van der Waals surface area contributed by atoms with Crippen molar-refractivity contribution in [1.82, 2.24) is 19.5 Å². The molecule has 2 heterocycles. The van der Waals surface area contributed by atoms with Gasteiger partial charge in [-0.25, -0.2) is 9.97 Å². The molecule has 0 bridgehead atoms. The first-order valence-electron chi connectivity index (χ1n) is 7.50. The number of aliphatic hydroxyl groups is 1. The lowest BCUT2D eigenvalue weighted by atomic mass is 10.2. The number of nitrogens with one attached hydrogen (secondary N) is 2. The van der Waals surface area contributed by atoms with Gasteiger partial charge in [-0.2, -0.15) is 0 Å². The van der Waals surface area contributed by atoms with Crippen LogP contribution in [0.15, 0.2) is 24.5 Å². The van der Waals surface area contributed by atoms with Crippen molar-refractivity contribution in [1.29, 1.82) is 5.41 Å². The predicted molar refractivity (Wildman–Crippen MR) is 87.0 cm³/mol. The number of phenolic OH excluding ortho intramolecular Hbond substituents is 1. The summed E-state index contributed by atoms with van der Waals surface area (Å²) in [6, 6.07) is 5.16. The van der Waals surface area contributed by atoms with Gasteiger partial charge in [0.2, 0.25) is 0 Å². The quantitative estimate of drug-likeness (QED) is 0.558. The zero-order chi connectivity index (χ0) is 17.3. The Morgan fingerprint density at radius 1 is 1.42 bits per heavy atom. The van der Waals surface area contributed by atoms with Gasteiger partial charge < -0.3 is 24.5 Å². The molecule has 0 aliphatic heterocycles. The number of benzene rings is 1. The minimum atomic E-state index is -0.157. The summed E-state index contributed by atoms with van der Waals surface area (Å²) in [6.07, 6.45) is 1.54. The first kappa shape index (κ1) is 16.0. The average Bonchev–Trinajstić information content (AvgIpc) is 3.03. The van der Waals surface area contributed by atoms with Crippen molar-refractivity contribution in [2.75, 3.05) is 13.7 Å². The van der Waals surface area contributed by atoms with Crippen LogP contribution < -0.4 is 10.2 Å². The first-order chi connectivity index (χ1) is 11.5. The molecular formula is C16H19N5O3. The Labute approximate surface area is 137 Å². The Bertz CT molecular complexity index is 931. The van der Waals surface area contributed by atoms with Crippen LogP contribution in [-0.4, -0.2) is 43.4 Å². The standard InChI is InChI=1S/C16H19N5O3/c1-9(7-22)15-19-13-14(17)18-8-21(16(13)20-15)6-10-3-4-12(24-2)11(23)5-10/h3-5,8-9,17,22-23H,6-7H2,1-2H3,(H,19,20). The SMILES string of the molecule is COc1ccc(Cn2cnc(=N)c3[nH]c(C(C)CO)nc32)cc1O. The summed E-state index contributed by atoms with van der Waals surface area (Å²) < 4.78 is 6.83. The molecule has 0 aliphatic rings. The molecule has 3 aromatic rings. The Hall–Kier alpha value is -2.87. The summed E-state index contributed by atoms with van der Waals surface area (Å²) in [5.74, 6) is 0.927. The molecule has 4 N–H and O–H groups in total. The van der Waals surface area contributed by atoms with Gasteiger partial charge in [0, 0.05) is 5.92 Å². The molecule has 2 aromatic heterocycles. The van der Waals surface area contributed by atoms with Crippen molar-refractivity contribution in [2.24, 2.45) is 0 Å². The number of ether oxygens (including phenoxy) is 1. The second-order valence-corrected chi connectivity index (χ2v) is 5.63. The van der Waals surface area contributed by atoms with Crippen LogP contribution >= 0.6 is 0 Å². The maximum absolute atomic E-state index is 9.91. The van der Waals surface area contributed by atoms with Crippen LogP contribution in [0.1, 0.15) is 24.2 Å². The number of aliphatic hydroxyl groups excluding tert-OH is 1. The van der Waals surface area contributed by atoms with E-state index < -0.39 is 0 Å². The fourth-order valence-corrected chi connectivity index (χ4v) is 2.47. The first-order valence-corrected chi connectivity index (χ1v) is 7.50. The van der Waals surface area contributed by atoms with E-state index in [1.165, 1.54) is 7.11 Å². The average molecular weight is 329 g/mol. The van der Waals surface area contributed by atoms with Gasteiger partial charge in [0.05, 0.1) is 26.6 Å². The topological polar surface area (TPSA) is 120 Å². The van der Waals surface area contributed by atoms with E-state index in [2.05, 4.69) is 15.0 Å². The number of fused-ring (bicyclic) bond motifs is 1. The fraction of sp³-hybridized carbons (Fsp3) is 0.312. The Balaban J connectivity index is 2.03. The van der Waals surface area contributed by atoms with Crippen LogP contribution in [0.4, 0.5) is 0 Å². The highest BCUT2D eigenvalue weighted by Gasteiger charge is 2.14. The zero-order valence-corrected chi connectivity index (χ0v) is 13.4. The number of aromatic amines is 1. The van der Waals surface area contributed by atoms with Crippen molar-refractivity contribution in [3.63, 3.8) is 0 Å². The zero-order valence-electron chi connectivity index (χ0n) is 13.4. The van der Waals surface area contributed by atoms with E-state index in [0.29, 0.717) is 29.3 Å². The highest BCUT2D eigenvalue weighted by atomic mass is 16.5. The summed E-state index contributed by atoms with van der Waals surface area (Å²) in [4.78, 5) is 11.6. The Morgan fingerprint density at radius 3 is 2.88 bits per heavy atom. The smallest absolute Gasteiger partial charge is 0.173 e. The lowest BCUT2D eigenvalue weighted by molar-refractivity contribution is 0.269. The third kappa shape index (κ3) is 2.83. The Morgan fingerprint density at radius 2 is 2.21 bits per heavy atom. The normalized spacial score (nSPS) is 12.5. The van der Waals surface area contributed by atoms with E-state index in [4.69, 9.17) is 10.1 Å². The minimum absolute atomic E-state index is 0.0348. The van der Waals surface area contributed by atoms with Crippen LogP contribution in [0.3, 0.4) is 0 Å². The van der Waals surface area contributed by atoms with Crippen molar-refractivity contribution in [3.8, 4) is 11.5 Å². The van der Waals surface area contributed by atoms with Gasteiger partial charge in [-0.1, -0.05) is 13.0 Å². The molecule has 0 saturated carbocycles. The number of aromatic nitrogens is 4. The molecule has 0 aliphatic carbocycles. The van der Waals surface area contributed by atoms with Gasteiger partial charge in [-0.3, -0.25) is 5.41 Å². The number of hydrogen-bond acceptors (Lipinski definition) is 6. The third-order valence-corrected chi connectivity index (χ3v) is 3.87. The maximum Gasteiger partial charge on any atom is 0.173 e. The van der Waals surface area contributed by atoms with E-state index in [9.17, 15) is 10.2 Å². The van der Waals surface area contributed by atoms with Gasteiger partial charge in [0.15, 0.2) is 22.6 Å². The number of hydrogen-bond donors (Lipinski definition) is 4. The highest BCUT2D eigenvalue weighted by Crippen LogP contribution is 2.26. The van der Waals surface area contributed by atoms with E-state index >= 15 is 0 Å². The lowest BCUT2D eigenvalue weighted by Crippen LogP contribution is -2.13. The van der Waals surface area contributed by atoms with Crippen molar-refractivity contribution < 1.29 is 14.9 Å². The number of nitrogens with zero attached hydrogens (tertiary/aromatic N) is 3. The minimum Gasteiger partial charge on any atom is -0.504 e. The summed E-state index contributed by atoms with van der Waals surface area (Å²) >= 11 is 0.